The molecule has 3 heterocycles. The van der Waals surface area contributed by atoms with E-state index in [1.807, 2.05) is 27.8 Å². The molecule has 2 aliphatic rings. The van der Waals surface area contributed by atoms with Crippen LogP contribution in [0.2, 0.25) is 0 Å². The fourth-order valence-corrected chi connectivity index (χ4v) is 4.72. The number of aryl methyl sites for hydroxylation is 1. The van der Waals surface area contributed by atoms with Crippen molar-refractivity contribution in [1.29, 1.82) is 0 Å². The molecule has 0 unspecified atom stereocenters. The molecule has 0 spiro atoms. The maximum absolute atomic E-state index is 12.7. The van der Waals surface area contributed by atoms with Crippen molar-refractivity contribution in [2.45, 2.75) is 75.4 Å². The molecule has 10 heteroatoms. The molecule has 31 heavy (non-hydrogen) atoms. The summed E-state index contributed by atoms with van der Waals surface area (Å²) in [5.74, 6) is -0.874. The average molecular weight is 431 g/mol. The number of carbonyl (C=O) groups excluding carboxylic acids is 1. The van der Waals surface area contributed by atoms with Crippen molar-refractivity contribution in [2.24, 2.45) is 0 Å². The number of carbonyl (C=O) groups is 2. The van der Waals surface area contributed by atoms with Crippen LogP contribution in [0.3, 0.4) is 0 Å². The molecule has 1 amide bonds. The van der Waals surface area contributed by atoms with Crippen LogP contribution in [0.1, 0.15) is 69.1 Å². The smallest absolute Gasteiger partial charge is 0.303 e. The highest BCUT2D eigenvalue weighted by Gasteiger charge is 2.34. The molecule has 2 aromatic rings. The topological polar surface area (TPSA) is 124 Å². The summed E-state index contributed by atoms with van der Waals surface area (Å²) >= 11 is 0. The van der Waals surface area contributed by atoms with Crippen molar-refractivity contribution >= 4 is 11.9 Å². The van der Waals surface area contributed by atoms with Gasteiger partial charge in [-0.15, -0.1) is 5.10 Å². The highest BCUT2D eigenvalue weighted by atomic mass is 16.5. The molecular weight excluding hydrogens is 400 g/mol. The molecule has 2 atom stereocenters. The highest BCUT2D eigenvalue weighted by Crippen LogP contribution is 2.32. The summed E-state index contributed by atoms with van der Waals surface area (Å²) in [7, 11) is 0. The molecule has 0 radical (unpaired) electrons. The first-order chi connectivity index (χ1) is 15.0. The van der Waals surface area contributed by atoms with Gasteiger partial charge in [-0.3, -0.25) is 14.3 Å². The molecule has 1 aliphatic heterocycles. The molecule has 10 nitrogen and oxygen atoms in total. The van der Waals surface area contributed by atoms with Crippen molar-refractivity contribution < 1.29 is 19.4 Å². The predicted octanol–water partition coefficient (Wildman–Crippen LogP) is 1.90. The maximum atomic E-state index is 12.7. The molecule has 2 aromatic heterocycles. The Hall–Kier alpha value is -2.75. The summed E-state index contributed by atoms with van der Waals surface area (Å²) in [5, 5.41) is 25.0. The van der Waals surface area contributed by atoms with Gasteiger partial charge >= 0.3 is 5.97 Å². The summed E-state index contributed by atoms with van der Waals surface area (Å²) in [6.45, 7) is 1.11. The fraction of sp³-hybridized carbons (Fsp3) is 0.667. The van der Waals surface area contributed by atoms with Crippen molar-refractivity contribution in [1.82, 2.24) is 30.1 Å². The van der Waals surface area contributed by atoms with Crippen LogP contribution in [0, 0.1) is 0 Å². The molecule has 1 saturated heterocycles. The quantitative estimate of drug-likeness (QED) is 0.622. The monoisotopic (exact) mass is 430 g/mol. The number of amides is 1. The van der Waals surface area contributed by atoms with Gasteiger partial charge < -0.3 is 15.2 Å². The van der Waals surface area contributed by atoms with E-state index in [0.29, 0.717) is 32.5 Å². The third-order valence-electron chi connectivity index (χ3n) is 6.42. The number of carboxylic acids is 1. The van der Waals surface area contributed by atoms with Crippen molar-refractivity contribution in [2.75, 3.05) is 13.2 Å². The Morgan fingerprint density at radius 3 is 2.65 bits per heavy atom. The standard InChI is InChI=1S/C21H30N6O4/c28-19(23-21(10-7-20(29)30)8-2-1-3-9-21)6-5-16-13-27(25-24-16)18-15-31-14-17(18)26-12-4-11-22-26/h4,11-13,17-18H,1-3,5-10,14-15H2,(H,23,28)(H,29,30)/t17-,18+/m0/s1. The van der Waals surface area contributed by atoms with E-state index >= 15 is 0 Å². The molecule has 2 fully saturated rings. The lowest BCUT2D eigenvalue weighted by atomic mass is 9.78. The van der Waals surface area contributed by atoms with Crippen LogP contribution in [0.4, 0.5) is 0 Å². The second kappa shape index (κ2) is 9.59. The maximum Gasteiger partial charge on any atom is 0.303 e. The van der Waals surface area contributed by atoms with Gasteiger partial charge in [0, 0.05) is 43.4 Å². The van der Waals surface area contributed by atoms with E-state index < -0.39 is 5.97 Å². The van der Waals surface area contributed by atoms with E-state index in [0.717, 1.165) is 37.8 Å². The van der Waals surface area contributed by atoms with Crippen LogP contribution in [-0.2, 0) is 20.7 Å². The predicted molar refractivity (Wildman–Crippen MR) is 110 cm³/mol. The van der Waals surface area contributed by atoms with E-state index in [2.05, 4.69) is 20.7 Å². The molecule has 168 valence electrons. The van der Waals surface area contributed by atoms with Crippen LogP contribution in [-0.4, -0.2) is 60.5 Å². The van der Waals surface area contributed by atoms with Crippen molar-refractivity contribution in [3.8, 4) is 0 Å². The number of aliphatic carboxylic acids is 1. The van der Waals surface area contributed by atoms with Crippen LogP contribution < -0.4 is 5.32 Å². The summed E-state index contributed by atoms with van der Waals surface area (Å²) in [6, 6.07) is 1.96. The summed E-state index contributed by atoms with van der Waals surface area (Å²) < 4.78 is 9.33. The third kappa shape index (κ3) is 5.30. The zero-order valence-corrected chi connectivity index (χ0v) is 17.7. The van der Waals surface area contributed by atoms with E-state index in [9.17, 15) is 9.59 Å². The second-order valence-electron chi connectivity index (χ2n) is 8.63. The minimum Gasteiger partial charge on any atom is -0.481 e. The van der Waals surface area contributed by atoms with Gasteiger partial charge in [-0.1, -0.05) is 24.5 Å². The molecule has 4 rings (SSSR count). The molecule has 1 saturated carbocycles. The van der Waals surface area contributed by atoms with E-state index in [1.54, 1.807) is 6.20 Å². The number of carboxylic acid groups (broad SMARTS) is 1. The van der Waals surface area contributed by atoms with Gasteiger partial charge in [0.15, 0.2) is 0 Å². The number of aromatic nitrogens is 5. The Labute approximate surface area is 180 Å². The number of hydrogen-bond donors (Lipinski definition) is 2. The Bertz CT molecular complexity index is 874. The normalized spacial score (nSPS) is 23.0. The van der Waals surface area contributed by atoms with Gasteiger partial charge in [0.05, 0.1) is 24.9 Å². The Morgan fingerprint density at radius 2 is 1.94 bits per heavy atom. The Balaban J connectivity index is 1.32. The second-order valence-corrected chi connectivity index (χ2v) is 8.63. The SMILES string of the molecule is O=C(O)CCC1(NC(=O)CCc2cn([C@@H]3COC[C@@H]3n3cccn3)nn2)CCCCC1. The van der Waals surface area contributed by atoms with Gasteiger partial charge in [0.2, 0.25) is 5.91 Å². The lowest BCUT2D eigenvalue weighted by molar-refractivity contribution is -0.138. The van der Waals surface area contributed by atoms with Crippen LogP contribution in [0.15, 0.2) is 24.7 Å². The number of nitrogens with one attached hydrogen (secondary N) is 1. The summed E-state index contributed by atoms with van der Waals surface area (Å²) in [4.78, 5) is 23.7. The van der Waals surface area contributed by atoms with Gasteiger partial charge in [-0.25, -0.2) is 4.68 Å². The summed E-state index contributed by atoms with van der Waals surface area (Å²) in [6.07, 6.45) is 11.8. The van der Waals surface area contributed by atoms with Crippen LogP contribution in [0.5, 0.6) is 0 Å². The number of hydrogen-bond acceptors (Lipinski definition) is 6. The van der Waals surface area contributed by atoms with E-state index in [-0.39, 0.29) is 30.0 Å². The van der Waals surface area contributed by atoms with E-state index in [1.165, 1.54) is 0 Å². The average Bonchev–Trinajstić information content (AvgIpc) is 3.52. The number of rotatable bonds is 9. The molecule has 0 bridgehead atoms. The van der Waals surface area contributed by atoms with Gasteiger partial charge in [0.1, 0.15) is 6.04 Å². The molecular formula is C21H30N6O4. The first-order valence-corrected chi connectivity index (χ1v) is 11.1. The van der Waals surface area contributed by atoms with Crippen LogP contribution in [0.25, 0.3) is 0 Å². The highest BCUT2D eigenvalue weighted by molar-refractivity contribution is 5.77. The molecule has 0 aromatic carbocycles. The van der Waals surface area contributed by atoms with Gasteiger partial charge in [0.25, 0.3) is 0 Å². The number of ether oxygens (including phenoxy) is 1. The van der Waals surface area contributed by atoms with Crippen molar-refractivity contribution in [3.63, 3.8) is 0 Å². The summed E-state index contributed by atoms with van der Waals surface area (Å²) in [5.41, 5.74) is 0.369. The van der Waals surface area contributed by atoms with Gasteiger partial charge in [-0.05, 0) is 25.3 Å². The Kier molecular flexibility index (Phi) is 6.64. The minimum atomic E-state index is -0.819. The zero-order chi connectivity index (χ0) is 21.7. The molecule has 1 aliphatic carbocycles. The first kappa shape index (κ1) is 21.5. The van der Waals surface area contributed by atoms with Gasteiger partial charge in [-0.2, -0.15) is 5.10 Å². The zero-order valence-electron chi connectivity index (χ0n) is 17.7. The first-order valence-electron chi connectivity index (χ1n) is 11.1. The number of nitrogens with zero attached hydrogens (tertiary/aromatic N) is 5. The van der Waals surface area contributed by atoms with E-state index in [4.69, 9.17) is 9.84 Å². The third-order valence-corrected chi connectivity index (χ3v) is 6.42. The lowest BCUT2D eigenvalue weighted by Crippen LogP contribution is -2.50. The molecule has 2 N–H and O–H groups in total. The minimum absolute atomic E-state index is 0.0107. The van der Waals surface area contributed by atoms with Crippen LogP contribution >= 0.6 is 0 Å². The largest absolute Gasteiger partial charge is 0.481 e. The fourth-order valence-electron chi connectivity index (χ4n) is 4.72. The Morgan fingerprint density at radius 1 is 1.16 bits per heavy atom. The lowest BCUT2D eigenvalue weighted by Gasteiger charge is -2.38. The van der Waals surface area contributed by atoms with Crippen molar-refractivity contribution in [3.05, 3.63) is 30.4 Å².